The molecule has 1 aromatic rings. The van der Waals surface area contributed by atoms with Gasteiger partial charge in [-0.2, -0.15) is 0 Å². The zero-order valence-corrected chi connectivity index (χ0v) is 17.8. The molecule has 0 bridgehead atoms. The number of rotatable bonds is 11. The summed E-state index contributed by atoms with van der Waals surface area (Å²) in [5.41, 5.74) is 1.73. The van der Waals surface area contributed by atoms with Crippen LogP contribution < -0.4 is 20.1 Å². The molecular weight excluding hydrogens is 372 g/mol. The second-order valence-electron chi connectivity index (χ2n) is 6.86. The first-order valence-corrected chi connectivity index (χ1v) is 10.3. The minimum Gasteiger partial charge on any atom is -0.490 e. The molecule has 1 aliphatic rings. The number of hydrogen-bond acceptors (Lipinski definition) is 5. The fourth-order valence-corrected chi connectivity index (χ4v) is 3.29. The van der Waals surface area contributed by atoms with Crippen LogP contribution in [0.25, 0.3) is 0 Å². The predicted molar refractivity (Wildman–Crippen MR) is 111 cm³/mol. The highest BCUT2D eigenvalue weighted by Gasteiger charge is 2.33. The molecule has 0 saturated heterocycles. The van der Waals surface area contributed by atoms with Crippen LogP contribution in [-0.4, -0.2) is 32.3 Å². The van der Waals surface area contributed by atoms with Gasteiger partial charge in [-0.3, -0.25) is 0 Å². The molecule has 1 aromatic carbocycles. The molecular formula is C22H32N2O5. The van der Waals surface area contributed by atoms with Crippen LogP contribution in [0.2, 0.25) is 0 Å². The van der Waals surface area contributed by atoms with E-state index in [0.29, 0.717) is 42.4 Å². The van der Waals surface area contributed by atoms with Crippen LogP contribution in [0.3, 0.4) is 0 Å². The summed E-state index contributed by atoms with van der Waals surface area (Å²) in [6.45, 7) is 7.13. The fourth-order valence-electron chi connectivity index (χ4n) is 3.29. The van der Waals surface area contributed by atoms with Crippen LogP contribution >= 0.6 is 0 Å². The van der Waals surface area contributed by atoms with Gasteiger partial charge in [0.2, 0.25) is 0 Å². The van der Waals surface area contributed by atoms with Gasteiger partial charge in [0.05, 0.1) is 31.9 Å². The van der Waals surface area contributed by atoms with Crippen LogP contribution in [-0.2, 0) is 9.53 Å². The molecule has 0 aliphatic carbocycles. The average molecular weight is 405 g/mol. The Balaban J connectivity index is 2.38. The van der Waals surface area contributed by atoms with Gasteiger partial charge < -0.3 is 24.8 Å². The van der Waals surface area contributed by atoms with Crippen LogP contribution in [0, 0.1) is 0 Å². The molecule has 1 aliphatic heterocycles. The number of nitrogens with one attached hydrogen (secondary N) is 2. The normalized spacial score (nSPS) is 16.1. The van der Waals surface area contributed by atoms with E-state index in [1.54, 1.807) is 0 Å². The minimum absolute atomic E-state index is 0.344. The van der Waals surface area contributed by atoms with E-state index in [9.17, 15) is 9.59 Å². The van der Waals surface area contributed by atoms with Gasteiger partial charge in [0.15, 0.2) is 11.5 Å². The van der Waals surface area contributed by atoms with Crippen LogP contribution in [0.4, 0.5) is 4.79 Å². The summed E-state index contributed by atoms with van der Waals surface area (Å²) in [6.07, 6.45) is 4.57. The van der Waals surface area contributed by atoms with Crippen molar-refractivity contribution < 1.29 is 23.8 Å². The van der Waals surface area contributed by atoms with Crippen LogP contribution in [0.15, 0.2) is 29.5 Å². The number of unbranched alkanes of at least 4 members (excludes halogenated alkanes) is 2. The number of ether oxygens (including phenoxy) is 3. The van der Waals surface area contributed by atoms with Crippen LogP contribution in [0.5, 0.6) is 11.5 Å². The third-order valence-electron chi connectivity index (χ3n) is 4.67. The SMILES string of the molecule is CCCCCOc1ccc(C2NC(=O)NC(CCC)=C2C(=O)OC)cc1OCC. The number of hydrogen-bond donors (Lipinski definition) is 2. The van der Waals surface area contributed by atoms with E-state index < -0.39 is 12.0 Å². The molecule has 0 radical (unpaired) electrons. The number of carbonyl (C=O) groups excluding carboxylic acids is 2. The lowest BCUT2D eigenvalue weighted by molar-refractivity contribution is -0.136. The standard InChI is InChI=1S/C22H32N2O5/c1-5-8-9-13-29-17-12-11-15(14-18(17)28-7-3)20-19(21(25)27-4)16(10-6-2)23-22(26)24-20/h11-12,14,20H,5-10,13H2,1-4H3,(H2,23,24,26). The highest BCUT2D eigenvalue weighted by molar-refractivity contribution is 5.95. The number of amides is 2. The smallest absolute Gasteiger partial charge is 0.337 e. The lowest BCUT2D eigenvalue weighted by Gasteiger charge is -2.29. The first kappa shape index (κ1) is 22.6. The Hall–Kier alpha value is -2.70. The molecule has 7 nitrogen and oxygen atoms in total. The quantitative estimate of drug-likeness (QED) is 0.426. The topological polar surface area (TPSA) is 85.9 Å². The average Bonchev–Trinajstić information content (AvgIpc) is 2.71. The van der Waals surface area contributed by atoms with Crippen molar-refractivity contribution >= 4 is 12.0 Å². The summed E-state index contributed by atoms with van der Waals surface area (Å²) in [7, 11) is 1.34. The third kappa shape index (κ3) is 5.89. The van der Waals surface area contributed by atoms with E-state index in [0.717, 1.165) is 31.2 Å². The Kier molecular flexibility index (Phi) is 8.83. The maximum atomic E-state index is 12.5. The van der Waals surface area contributed by atoms with Gasteiger partial charge in [-0.15, -0.1) is 0 Å². The molecule has 1 atom stereocenters. The summed E-state index contributed by atoms with van der Waals surface area (Å²) in [6, 6.07) is 4.53. The second kappa shape index (κ2) is 11.3. The maximum Gasteiger partial charge on any atom is 0.337 e. The van der Waals surface area contributed by atoms with Crippen LogP contribution in [0.1, 0.15) is 64.5 Å². The molecule has 0 spiro atoms. The minimum atomic E-state index is -0.619. The molecule has 7 heteroatoms. The van der Waals surface area contributed by atoms with Gasteiger partial charge in [0.25, 0.3) is 0 Å². The zero-order valence-electron chi connectivity index (χ0n) is 17.8. The van der Waals surface area contributed by atoms with E-state index >= 15 is 0 Å². The summed E-state index contributed by atoms with van der Waals surface area (Å²) < 4.78 is 16.6. The van der Waals surface area contributed by atoms with Gasteiger partial charge in [-0.05, 0) is 37.5 Å². The van der Waals surface area contributed by atoms with Gasteiger partial charge >= 0.3 is 12.0 Å². The first-order valence-electron chi connectivity index (χ1n) is 10.3. The molecule has 1 heterocycles. The highest BCUT2D eigenvalue weighted by atomic mass is 16.5. The fraction of sp³-hybridized carbons (Fsp3) is 0.545. The number of benzene rings is 1. The lowest BCUT2D eigenvalue weighted by atomic mass is 9.93. The van der Waals surface area contributed by atoms with Crippen molar-refractivity contribution in [2.75, 3.05) is 20.3 Å². The summed E-state index contributed by atoms with van der Waals surface area (Å²) in [5, 5.41) is 5.58. The van der Waals surface area contributed by atoms with Crippen molar-refractivity contribution in [1.29, 1.82) is 0 Å². The molecule has 0 fully saturated rings. The zero-order chi connectivity index (χ0) is 21.2. The Morgan fingerprint density at radius 2 is 1.86 bits per heavy atom. The number of methoxy groups -OCH3 is 1. The van der Waals surface area contributed by atoms with E-state index in [1.165, 1.54) is 7.11 Å². The molecule has 2 N–H and O–H groups in total. The Bertz CT molecular complexity index is 745. The monoisotopic (exact) mass is 404 g/mol. The van der Waals surface area contributed by atoms with E-state index in [1.807, 2.05) is 32.0 Å². The lowest BCUT2D eigenvalue weighted by Crippen LogP contribution is -2.45. The van der Waals surface area contributed by atoms with E-state index in [4.69, 9.17) is 14.2 Å². The van der Waals surface area contributed by atoms with E-state index in [-0.39, 0.29) is 6.03 Å². The predicted octanol–water partition coefficient (Wildman–Crippen LogP) is 4.24. The number of allylic oxidation sites excluding steroid dienone is 1. The van der Waals surface area contributed by atoms with Crippen molar-refractivity contribution in [3.63, 3.8) is 0 Å². The molecule has 1 unspecified atom stereocenters. The van der Waals surface area contributed by atoms with Crippen molar-refractivity contribution in [1.82, 2.24) is 10.6 Å². The first-order chi connectivity index (χ1) is 14.0. The molecule has 2 amide bonds. The molecule has 2 rings (SSSR count). The Labute approximate surface area is 172 Å². The number of urea groups is 1. The molecule has 160 valence electrons. The largest absolute Gasteiger partial charge is 0.490 e. The molecule has 0 aromatic heterocycles. The number of carbonyl (C=O) groups is 2. The van der Waals surface area contributed by atoms with Gasteiger partial charge in [-0.1, -0.05) is 39.2 Å². The number of esters is 1. The summed E-state index contributed by atoms with van der Waals surface area (Å²) in [5.74, 6) is 0.781. The van der Waals surface area contributed by atoms with Gasteiger partial charge in [-0.25, -0.2) is 9.59 Å². The molecule has 0 saturated carbocycles. The molecule has 29 heavy (non-hydrogen) atoms. The van der Waals surface area contributed by atoms with Crippen molar-refractivity contribution in [3.05, 3.63) is 35.0 Å². The van der Waals surface area contributed by atoms with Crippen molar-refractivity contribution in [3.8, 4) is 11.5 Å². The summed E-state index contributed by atoms with van der Waals surface area (Å²) >= 11 is 0. The third-order valence-corrected chi connectivity index (χ3v) is 4.67. The Morgan fingerprint density at radius 3 is 2.52 bits per heavy atom. The van der Waals surface area contributed by atoms with Crippen molar-refractivity contribution in [2.24, 2.45) is 0 Å². The second-order valence-corrected chi connectivity index (χ2v) is 6.86. The van der Waals surface area contributed by atoms with Gasteiger partial charge in [0, 0.05) is 5.70 Å². The Morgan fingerprint density at radius 1 is 1.07 bits per heavy atom. The van der Waals surface area contributed by atoms with E-state index in [2.05, 4.69) is 17.6 Å². The summed E-state index contributed by atoms with van der Waals surface area (Å²) in [4.78, 5) is 24.7. The van der Waals surface area contributed by atoms with Crippen molar-refractivity contribution in [2.45, 2.75) is 58.9 Å². The van der Waals surface area contributed by atoms with Gasteiger partial charge in [0.1, 0.15) is 0 Å². The maximum absolute atomic E-state index is 12.5. The highest BCUT2D eigenvalue weighted by Crippen LogP contribution is 2.35.